The Morgan fingerprint density at radius 1 is 1.26 bits per heavy atom. The maximum Gasteiger partial charge on any atom is 0.193 e. The number of nitrogens with one attached hydrogen (secondary N) is 1. The second kappa shape index (κ2) is 8.89. The minimum absolute atomic E-state index is 0.381. The van der Waals surface area contributed by atoms with Gasteiger partial charge in [-0.25, -0.2) is 0 Å². The summed E-state index contributed by atoms with van der Waals surface area (Å²) in [5.41, 5.74) is 9.81. The first-order valence-corrected chi connectivity index (χ1v) is 8.65. The monoisotopic (exact) mass is 318 g/mol. The zero-order valence-electron chi connectivity index (χ0n) is 14.6. The summed E-state index contributed by atoms with van der Waals surface area (Å²) >= 11 is 0. The van der Waals surface area contributed by atoms with Gasteiger partial charge in [0.1, 0.15) is 0 Å². The lowest BCUT2D eigenvalue weighted by Crippen LogP contribution is -2.43. The lowest BCUT2D eigenvalue weighted by atomic mass is 10.0. The van der Waals surface area contributed by atoms with Crippen LogP contribution >= 0.6 is 0 Å². The van der Waals surface area contributed by atoms with Crippen LogP contribution in [0.15, 0.2) is 23.2 Å². The van der Waals surface area contributed by atoms with Crippen LogP contribution in [0.1, 0.15) is 31.9 Å². The molecule has 1 saturated heterocycles. The summed E-state index contributed by atoms with van der Waals surface area (Å²) in [4.78, 5) is 6.95. The van der Waals surface area contributed by atoms with E-state index >= 15 is 0 Å². The van der Waals surface area contributed by atoms with Gasteiger partial charge in [0, 0.05) is 24.8 Å². The molecule has 23 heavy (non-hydrogen) atoms. The van der Waals surface area contributed by atoms with Crippen LogP contribution in [0.25, 0.3) is 0 Å². The standard InChI is InChI=1S/C18H30N4O/c1-4-15-7-6-8-16(5-2)17(15)21-18(19)20-13-14(3)22-9-11-23-12-10-22/h6-8,14H,4-5,9-13H2,1-3H3,(H3,19,20,21). The Bertz CT molecular complexity index is 502. The summed E-state index contributed by atoms with van der Waals surface area (Å²) < 4.78 is 5.39. The molecule has 5 nitrogen and oxygen atoms in total. The van der Waals surface area contributed by atoms with Crippen LogP contribution in [0.2, 0.25) is 0 Å². The van der Waals surface area contributed by atoms with Gasteiger partial charge in [0.25, 0.3) is 0 Å². The first-order chi connectivity index (χ1) is 11.2. The van der Waals surface area contributed by atoms with Crippen molar-refractivity contribution in [3.05, 3.63) is 29.3 Å². The van der Waals surface area contributed by atoms with Gasteiger partial charge < -0.3 is 15.8 Å². The fraction of sp³-hybridized carbons (Fsp3) is 0.611. The normalized spacial score (nSPS) is 18.0. The molecule has 0 amide bonds. The molecule has 1 aromatic carbocycles. The molecule has 3 N–H and O–H groups in total. The van der Waals surface area contributed by atoms with Crippen LogP contribution < -0.4 is 11.1 Å². The number of hydrogen-bond acceptors (Lipinski definition) is 3. The highest BCUT2D eigenvalue weighted by Gasteiger charge is 2.16. The van der Waals surface area contributed by atoms with Crippen molar-refractivity contribution in [1.29, 1.82) is 0 Å². The largest absolute Gasteiger partial charge is 0.379 e. The Balaban J connectivity index is 1.99. The summed E-state index contributed by atoms with van der Waals surface area (Å²) in [6.07, 6.45) is 1.96. The first kappa shape index (κ1) is 17.8. The average molecular weight is 318 g/mol. The number of anilines is 1. The number of rotatable bonds is 6. The fourth-order valence-corrected chi connectivity index (χ4v) is 2.93. The number of benzene rings is 1. The fourth-order valence-electron chi connectivity index (χ4n) is 2.93. The van der Waals surface area contributed by atoms with Crippen molar-refractivity contribution in [2.75, 3.05) is 38.2 Å². The molecule has 5 heteroatoms. The van der Waals surface area contributed by atoms with Gasteiger partial charge in [-0.1, -0.05) is 32.0 Å². The molecular formula is C18H30N4O. The van der Waals surface area contributed by atoms with Crippen LogP contribution in [0.3, 0.4) is 0 Å². The van der Waals surface area contributed by atoms with Crippen LogP contribution in [-0.2, 0) is 17.6 Å². The molecule has 0 saturated carbocycles. The highest BCUT2D eigenvalue weighted by Crippen LogP contribution is 2.22. The quantitative estimate of drug-likeness (QED) is 0.624. The molecule has 0 radical (unpaired) electrons. The van der Waals surface area contributed by atoms with Gasteiger partial charge in [-0.15, -0.1) is 0 Å². The number of hydrogen-bond donors (Lipinski definition) is 2. The lowest BCUT2D eigenvalue weighted by molar-refractivity contribution is 0.0221. The number of nitrogens with two attached hydrogens (primary N) is 1. The maximum atomic E-state index is 6.13. The summed E-state index contributed by atoms with van der Waals surface area (Å²) in [6.45, 7) is 10.8. The van der Waals surface area contributed by atoms with E-state index < -0.39 is 0 Å². The molecular weight excluding hydrogens is 288 g/mol. The Hall–Kier alpha value is -1.59. The van der Waals surface area contributed by atoms with E-state index in [0.29, 0.717) is 18.5 Å². The van der Waals surface area contributed by atoms with Crippen LogP contribution in [0, 0.1) is 0 Å². The van der Waals surface area contributed by atoms with E-state index in [1.807, 2.05) is 0 Å². The van der Waals surface area contributed by atoms with Crippen molar-refractivity contribution >= 4 is 11.6 Å². The molecule has 0 aliphatic carbocycles. The Kier molecular flexibility index (Phi) is 6.86. The topological polar surface area (TPSA) is 62.9 Å². The number of aliphatic imine (C=N–C) groups is 1. The SMILES string of the molecule is CCc1cccc(CC)c1NC(N)=NCC(C)N1CCOCC1. The van der Waals surface area contributed by atoms with Crippen LogP contribution in [0.5, 0.6) is 0 Å². The predicted octanol–water partition coefficient (Wildman–Crippen LogP) is 2.26. The van der Waals surface area contributed by atoms with Crippen molar-refractivity contribution in [2.45, 2.75) is 39.7 Å². The van der Waals surface area contributed by atoms with Crippen LogP contribution in [0.4, 0.5) is 5.69 Å². The average Bonchev–Trinajstić information content (AvgIpc) is 2.60. The molecule has 1 aliphatic heterocycles. The molecule has 1 heterocycles. The van der Waals surface area contributed by atoms with Crippen molar-refractivity contribution in [1.82, 2.24) is 4.90 Å². The number of aryl methyl sites for hydroxylation is 2. The Morgan fingerprint density at radius 3 is 2.43 bits per heavy atom. The Labute approximate surface area is 139 Å². The zero-order valence-corrected chi connectivity index (χ0v) is 14.6. The summed E-state index contributed by atoms with van der Waals surface area (Å²) in [6, 6.07) is 6.78. The number of ether oxygens (including phenoxy) is 1. The highest BCUT2D eigenvalue weighted by atomic mass is 16.5. The van der Waals surface area contributed by atoms with Gasteiger partial charge >= 0.3 is 0 Å². The van der Waals surface area contributed by atoms with E-state index in [-0.39, 0.29) is 0 Å². The number of nitrogens with zero attached hydrogens (tertiary/aromatic N) is 2. The second-order valence-corrected chi connectivity index (χ2v) is 6.01. The van der Waals surface area contributed by atoms with Gasteiger partial charge in [0.15, 0.2) is 5.96 Å². The summed E-state index contributed by atoms with van der Waals surface area (Å²) in [5.74, 6) is 0.501. The van der Waals surface area contributed by atoms with Gasteiger partial charge in [-0.2, -0.15) is 0 Å². The summed E-state index contributed by atoms with van der Waals surface area (Å²) in [7, 11) is 0. The molecule has 1 atom stereocenters. The minimum atomic E-state index is 0.381. The molecule has 1 aliphatic rings. The van der Waals surface area contributed by atoms with Crippen molar-refractivity contribution in [3.63, 3.8) is 0 Å². The lowest BCUT2D eigenvalue weighted by Gasteiger charge is -2.31. The molecule has 0 spiro atoms. The van der Waals surface area contributed by atoms with E-state index in [1.54, 1.807) is 0 Å². The Morgan fingerprint density at radius 2 is 1.87 bits per heavy atom. The van der Waals surface area contributed by atoms with Gasteiger partial charge in [-0.3, -0.25) is 9.89 Å². The van der Waals surface area contributed by atoms with Gasteiger partial charge in [0.05, 0.1) is 19.8 Å². The third-order valence-corrected chi connectivity index (χ3v) is 4.45. The van der Waals surface area contributed by atoms with E-state index in [9.17, 15) is 0 Å². The van der Waals surface area contributed by atoms with E-state index in [0.717, 1.165) is 44.8 Å². The third-order valence-electron chi connectivity index (χ3n) is 4.45. The smallest absolute Gasteiger partial charge is 0.193 e. The number of para-hydroxylation sites is 1. The predicted molar refractivity (Wildman–Crippen MR) is 97.2 cm³/mol. The minimum Gasteiger partial charge on any atom is -0.379 e. The second-order valence-electron chi connectivity index (χ2n) is 6.01. The summed E-state index contributed by atoms with van der Waals surface area (Å²) in [5, 5.41) is 3.32. The molecule has 1 fully saturated rings. The molecule has 1 aromatic rings. The molecule has 0 aromatic heterocycles. The number of guanidine groups is 1. The van der Waals surface area contributed by atoms with E-state index in [4.69, 9.17) is 10.5 Å². The molecule has 2 rings (SSSR count). The van der Waals surface area contributed by atoms with Crippen molar-refractivity contribution in [2.24, 2.45) is 10.7 Å². The number of morpholine rings is 1. The van der Waals surface area contributed by atoms with Crippen molar-refractivity contribution in [3.8, 4) is 0 Å². The molecule has 0 bridgehead atoms. The zero-order chi connectivity index (χ0) is 16.7. The van der Waals surface area contributed by atoms with Gasteiger partial charge in [0.2, 0.25) is 0 Å². The first-order valence-electron chi connectivity index (χ1n) is 8.65. The molecule has 1 unspecified atom stereocenters. The van der Waals surface area contributed by atoms with Crippen molar-refractivity contribution < 1.29 is 4.74 Å². The van der Waals surface area contributed by atoms with E-state index in [1.165, 1.54) is 11.1 Å². The highest BCUT2D eigenvalue weighted by molar-refractivity contribution is 5.93. The van der Waals surface area contributed by atoms with Gasteiger partial charge in [-0.05, 0) is 30.9 Å². The maximum absolute atomic E-state index is 6.13. The van der Waals surface area contributed by atoms with E-state index in [2.05, 4.69) is 54.2 Å². The molecule has 128 valence electrons. The van der Waals surface area contributed by atoms with Crippen LogP contribution in [-0.4, -0.2) is 49.7 Å². The third kappa shape index (κ3) is 4.94.